The minimum atomic E-state index is -0.478. The van der Waals surface area contributed by atoms with Gasteiger partial charge in [-0.05, 0) is 30.3 Å². The summed E-state index contributed by atoms with van der Waals surface area (Å²) in [5.74, 6) is -0.875. The molecule has 0 fully saturated rings. The van der Waals surface area contributed by atoms with Gasteiger partial charge in [-0.2, -0.15) is 0 Å². The maximum atomic E-state index is 13.1. The minimum absolute atomic E-state index is 0.218. The summed E-state index contributed by atoms with van der Waals surface area (Å²) in [5.41, 5.74) is 6.75. The van der Waals surface area contributed by atoms with Crippen molar-refractivity contribution in [2.45, 2.75) is 0 Å². The van der Waals surface area contributed by atoms with Crippen molar-refractivity contribution in [2.24, 2.45) is 5.73 Å². The van der Waals surface area contributed by atoms with Crippen LogP contribution in [0.5, 0.6) is 0 Å². The molecule has 0 saturated carbocycles. The van der Waals surface area contributed by atoms with Crippen LogP contribution in [0.15, 0.2) is 42.5 Å². The Labute approximate surface area is 125 Å². The first kappa shape index (κ1) is 14.4. The van der Waals surface area contributed by atoms with Crippen LogP contribution < -0.4 is 11.1 Å². The van der Waals surface area contributed by atoms with Crippen molar-refractivity contribution in [1.29, 1.82) is 0 Å². The third kappa shape index (κ3) is 3.31. The number of thiocarbonyl (C=S) groups is 1. The maximum absolute atomic E-state index is 13.1. The summed E-state index contributed by atoms with van der Waals surface area (Å²) < 4.78 is 13.1. The van der Waals surface area contributed by atoms with E-state index in [1.54, 1.807) is 24.3 Å². The number of carbonyl (C=O) groups excluding carboxylic acids is 1. The Kier molecular flexibility index (Phi) is 4.32. The molecule has 2 aromatic rings. The number of amides is 1. The lowest BCUT2D eigenvalue weighted by Crippen LogP contribution is -2.14. The topological polar surface area (TPSA) is 55.1 Å². The van der Waals surface area contributed by atoms with E-state index < -0.39 is 11.7 Å². The molecule has 2 aromatic carbocycles. The van der Waals surface area contributed by atoms with E-state index in [9.17, 15) is 9.18 Å². The molecule has 0 aliphatic heterocycles. The van der Waals surface area contributed by atoms with Gasteiger partial charge in [-0.1, -0.05) is 36.0 Å². The number of anilines is 1. The standard InChI is InChI=1S/C14H10ClFN2OS/c15-11-6-5-10(16)7-12(11)18-14(19)9-3-1-8(2-4-9)13(17)20/h1-7H,(H2,17,20)(H,18,19). The van der Waals surface area contributed by atoms with Crippen LogP contribution in [-0.4, -0.2) is 10.9 Å². The van der Waals surface area contributed by atoms with Gasteiger partial charge in [-0.25, -0.2) is 4.39 Å². The van der Waals surface area contributed by atoms with Crippen LogP contribution in [-0.2, 0) is 0 Å². The molecule has 6 heteroatoms. The van der Waals surface area contributed by atoms with E-state index in [1.807, 2.05) is 0 Å². The number of carbonyl (C=O) groups is 1. The van der Waals surface area contributed by atoms with Gasteiger partial charge in [0.2, 0.25) is 0 Å². The summed E-state index contributed by atoms with van der Waals surface area (Å²) in [4.78, 5) is 12.3. The molecule has 102 valence electrons. The molecule has 0 unspecified atom stereocenters. The molecule has 0 bridgehead atoms. The van der Waals surface area contributed by atoms with Crippen molar-refractivity contribution in [2.75, 3.05) is 5.32 Å². The van der Waals surface area contributed by atoms with E-state index in [2.05, 4.69) is 5.32 Å². The van der Waals surface area contributed by atoms with Gasteiger partial charge in [0.25, 0.3) is 5.91 Å². The molecule has 0 heterocycles. The van der Waals surface area contributed by atoms with Crippen LogP contribution in [0.1, 0.15) is 15.9 Å². The summed E-state index contributed by atoms with van der Waals surface area (Å²) in [5, 5.41) is 2.80. The molecule has 0 aromatic heterocycles. The highest BCUT2D eigenvalue weighted by Gasteiger charge is 2.09. The highest BCUT2D eigenvalue weighted by molar-refractivity contribution is 7.80. The van der Waals surface area contributed by atoms with E-state index >= 15 is 0 Å². The molecule has 0 radical (unpaired) electrons. The summed E-state index contributed by atoms with van der Waals surface area (Å²) in [7, 11) is 0. The second-order valence-electron chi connectivity index (χ2n) is 4.02. The largest absolute Gasteiger partial charge is 0.389 e. The van der Waals surface area contributed by atoms with Crippen LogP contribution in [0.2, 0.25) is 5.02 Å². The average molecular weight is 309 g/mol. The number of nitrogens with one attached hydrogen (secondary N) is 1. The van der Waals surface area contributed by atoms with Gasteiger partial charge in [-0.15, -0.1) is 0 Å². The lowest BCUT2D eigenvalue weighted by Gasteiger charge is -2.08. The van der Waals surface area contributed by atoms with E-state index in [0.717, 1.165) is 6.07 Å². The molecular formula is C14H10ClFN2OS. The first-order chi connectivity index (χ1) is 9.47. The van der Waals surface area contributed by atoms with Crippen LogP contribution in [0.4, 0.5) is 10.1 Å². The zero-order valence-corrected chi connectivity index (χ0v) is 11.8. The van der Waals surface area contributed by atoms with Gasteiger partial charge in [0, 0.05) is 11.1 Å². The molecule has 0 aliphatic rings. The van der Waals surface area contributed by atoms with Gasteiger partial charge in [0.1, 0.15) is 10.8 Å². The number of halogens is 2. The molecule has 1 amide bonds. The van der Waals surface area contributed by atoms with Crippen LogP contribution >= 0.6 is 23.8 Å². The molecule has 0 spiro atoms. The van der Waals surface area contributed by atoms with E-state index in [4.69, 9.17) is 29.6 Å². The molecule has 3 nitrogen and oxygen atoms in total. The Bertz CT molecular complexity index is 673. The zero-order chi connectivity index (χ0) is 14.7. The van der Waals surface area contributed by atoms with Gasteiger partial charge in [-0.3, -0.25) is 4.79 Å². The molecule has 20 heavy (non-hydrogen) atoms. The first-order valence-electron chi connectivity index (χ1n) is 5.63. The highest BCUT2D eigenvalue weighted by Crippen LogP contribution is 2.23. The zero-order valence-electron chi connectivity index (χ0n) is 10.2. The number of benzene rings is 2. The number of rotatable bonds is 3. The fraction of sp³-hybridized carbons (Fsp3) is 0. The van der Waals surface area contributed by atoms with Crippen molar-refractivity contribution in [3.63, 3.8) is 0 Å². The van der Waals surface area contributed by atoms with Crippen molar-refractivity contribution in [1.82, 2.24) is 0 Å². The van der Waals surface area contributed by atoms with Gasteiger partial charge in [0.15, 0.2) is 0 Å². The van der Waals surface area contributed by atoms with Gasteiger partial charge >= 0.3 is 0 Å². The number of hydrogen-bond donors (Lipinski definition) is 2. The smallest absolute Gasteiger partial charge is 0.255 e. The molecule has 0 atom stereocenters. The van der Waals surface area contributed by atoms with Crippen LogP contribution in [0.25, 0.3) is 0 Å². The normalized spacial score (nSPS) is 10.1. The predicted octanol–water partition coefficient (Wildman–Crippen LogP) is 3.37. The number of hydrogen-bond acceptors (Lipinski definition) is 2. The van der Waals surface area contributed by atoms with Gasteiger partial charge < -0.3 is 11.1 Å². The Morgan fingerprint density at radius 2 is 1.75 bits per heavy atom. The van der Waals surface area contributed by atoms with E-state index in [1.165, 1.54) is 12.1 Å². The minimum Gasteiger partial charge on any atom is -0.389 e. The Morgan fingerprint density at radius 1 is 1.15 bits per heavy atom. The molecule has 0 saturated heterocycles. The Hall–Kier alpha value is -1.98. The summed E-state index contributed by atoms with van der Waals surface area (Å²) in [6, 6.07) is 10.2. The summed E-state index contributed by atoms with van der Waals surface area (Å²) in [6.07, 6.45) is 0. The second kappa shape index (κ2) is 5.98. The van der Waals surface area contributed by atoms with Crippen molar-refractivity contribution in [3.8, 4) is 0 Å². The maximum Gasteiger partial charge on any atom is 0.255 e. The van der Waals surface area contributed by atoms with Crippen molar-refractivity contribution in [3.05, 3.63) is 64.4 Å². The third-order valence-electron chi connectivity index (χ3n) is 2.61. The molecule has 0 aliphatic carbocycles. The Balaban J connectivity index is 2.19. The third-order valence-corrected chi connectivity index (χ3v) is 3.17. The van der Waals surface area contributed by atoms with Crippen molar-refractivity contribution < 1.29 is 9.18 Å². The van der Waals surface area contributed by atoms with E-state index in [-0.39, 0.29) is 15.7 Å². The monoisotopic (exact) mass is 308 g/mol. The SMILES string of the molecule is NC(=S)c1ccc(C(=O)Nc2cc(F)ccc2Cl)cc1. The molecule has 2 rings (SSSR count). The van der Waals surface area contributed by atoms with Crippen molar-refractivity contribution >= 4 is 40.4 Å². The number of nitrogens with two attached hydrogens (primary N) is 1. The lowest BCUT2D eigenvalue weighted by atomic mass is 10.1. The highest BCUT2D eigenvalue weighted by atomic mass is 35.5. The predicted molar refractivity (Wildman–Crippen MR) is 81.7 cm³/mol. The Morgan fingerprint density at radius 3 is 2.35 bits per heavy atom. The van der Waals surface area contributed by atoms with Crippen LogP contribution in [0.3, 0.4) is 0 Å². The summed E-state index contributed by atoms with van der Waals surface area (Å²) in [6.45, 7) is 0. The summed E-state index contributed by atoms with van der Waals surface area (Å²) >= 11 is 10.7. The fourth-order valence-corrected chi connectivity index (χ4v) is 1.87. The molecule has 3 N–H and O–H groups in total. The average Bonchev–Trinajstić information content (AvgIpc) is 2.43. The second-order valence-corrected chi connectivity index (χ2v) is 4.87. The van der Waals surface area contributed by atoms with E-state index in [0.29, 0.717) is 11.1 Å². The lowest BCUT2D eigenvalue weighted by molar-refractivity contribution is 0.102. The molecular weight excluding hydrogens is 299 g/mol. The fourth-order valence-electron chi connectivity index (χ4n) is 1.57. The van der Waals surface area contributed by atoms with Crippen LogP contribution in [0, 0.1) is 5.82 Å². The quantitative estimate of drug-likeness (QED) is 0.855. The van der Waals surface area contributed by atoms with Gasteiger partial charge in [0.05, 0.1) is 10.7 Å². The first-order valence-corrected chi connectivity index (χ1v) is 6.42.